The van der Waals surface area contributed by atoms with Crippen LogP contribution >= 0.6 is 11.6 Å². The normalized spacial score (nSPS) is 11.2. The molecule has 3 aromatic rings. The van der Waals surface area contributed by atoms with Crippen LogP contribution in [0.3, 0.4) is 0 Å². The standard InChI is InChI=1S/C18H17ClN4O2S/c1-12-3-8-16(13(2)11-12)26(24,25)23-18-10-9-17(21-22-18)20-15-6-4-14(19)5-7-15/h3-11H,1-2H3,(H,20,21)(H,22,23). The van der Waals surface area contributed by atoms with E-state index >= 15 is 0 Å². The smallest absolute Gasteiger partial charge is 0.263 e. The van der Waals surface area contributed by atoms with Crippen LogP contribution in [0.2, 0.25) is 5.02 Å². The number of sulfonamides is 1. The summed E-state index contributed by atoms with van der Waals surface area (Å²) >= 11 is 5.85. The largest absolute Gasteiger partial charge is 0.339 e. The summed E-state index contributed by atoms with van der Waals surface area (Å²) in [4.78, 5) is 0.216. The van der Waals surface area contributed by atoms with E-state index in [9.17, 15) is 8.42 Å². The summed E-state index contributed by atoms with van der Waals surface area (Å²) in [7, 11) is -3.72. The lowest BCUT2D eigenvalue weighted by Gasteiger charge is -2.10. The Morgan fingerprint density at radius 2 is 1.54 bits per heavy atom. The van der Waals surface area contributed by atoms with Gasteiger partial charge in [-0.1, -0.05) is 29.3 Å². The summed E-state index contributed by atoms with van der Waals surface area (Å²) in [6, 6.07) is 15.5. The number of rotatable bonds is 5. The lowest BCUT2D eigenvalue weighted by Crippen LogP contribution is -2.15. The number of nitrogens with one attached hydrogen (secondary N) is 2. The number of hydrogen-bond donors (Lipinski definition) is 2. The molecule has 2 N–H and O–H groups in total. The minimum Gasteiger partial charge on any atom is -0.339 e. The zero-order valence-electron chi connectivity index (χ0n) is 14.2. The first kappa shape index (κ1) is 18.2. The van der Waals surface area contributed by atoms with Gasteiger partial charge in [-0.05, 0) is 61.9 Å². The molecule has 6 nitrogen and oxygen atoms in total. The molecule has 0 amide bonds. The fourth-order valence-corrected chi connectivity index (χ4v) is 3.78. The summed E-state index contributed by atoms with van der Waals surface area (Å²) < 4.78 is 27.5. The van der Waals surface area contributed by atoms with Crippen LogP contribution in [-0.4, -0.2) is 18.6 Å². The van der Waals surface area contributed by atoms with E-state index < -0.39 is 10.0 Å². The van der Waals surface area contributed by atoms with E-state index in [4.69, 9.17) is 11.6 Å². The van der Waals surface area contributed by atoms with Crippen LogP contribution in [-0.2, 0) is 10.0 Å². The Labute approximate surface area is 157 Å². The molecule has 0 spiro atoms. The molecule has 26 heavy (non-hydrogen) atoms. The summed E-state index contributed by atoms with van der Waals surface area (Å²) in [6.45, 7) is 3.67. The third-order valence-electron chi connectivity index (χ3n) is 3.64. The minimum atomic E-state index is -3.72. The van der Waals surface area contributed by atoms with E-state index in [1.165, 1.54) is 0 Å². The van der Waals surface area contributed by atoms with Gasteiger partial charge in [0.25, 0.3) is 10.0 Å². The van der Waals surface area contributed by atoms with Crippen LogP contribution in [0.25, 0.3) is 0 Å². The molecular formula is C18H17ClN4O2S. The van der Waals surface area contributed by atoms with E-state index in [0.717, 1.165) is 11.3 Å². The van der Waals surface area contributed by atoms with Gasteiger partial charge in [0.2, 0.25) is 0 Å². The molecule has 1 aromatic heterocycles. The predicted octanol–water partition coefficient (Wildman–Crippen LogP) is 4.29. The summed E-state index contributed by atoms with van der Waals surface area (Å²) in [5, 5.41) is 11.6. The van der Waals surface area contributed by atoms with Crippen LogP contribution in [0.1, 0.15) is 11.1 Å². The Balaban J connectivity index is 1.75. The van der Waals surface area contributed by atoms with E-state index in [-0.39, 0.29) is 10.7 Å². The van der Waals surface area contributed by atoms with Crippen LogP contribution in [0.4, 0.5) is 17.3 Å². The highest BCUT2D eigenvalue weighted by Gasteiger charge is 2.17. The minimum absolute atomic E-state index is 0.145. The van der Waals surface area contributed by atoms with Gasteiger partial charge in [-0.3, -0.25) is 4.72 Å². The zero-order valence-corrected chi connectivity index (χ0v) is 15.8. The second-order valence-corrected chi connectivity index (χ2v) is 7.90. The first-order valence-corrected chi connectivity index (χ1v) is 9.66. The van der Waals surface area contributed by atoms with Crippen molar-refractivity contribution in [2.75, 3.05) is 10.0 Å². The van der Waals surface area contributed by atoms with Crippen molar-refractivity contribution in [3.8, 4) is 0 Å². The van der Waals surface area contributed by atoms with Crippen LogP contribution in [0, 0.1) is 13.8 Å². The van der Waals surface area contributed by atoms with Crippen molar-refractivity contribution < 1.29 is 8.42 Å². The molecule has 0 bridgehead atoms. The van der Waals surface area contributed by atoms with Crippen LogP contribution < -0.4 is 10.0 Å². The van der Waals surface area contributed by atoms with Gasteiger partial charge >= 0.3 is 0 Å². The number of halogens is 1. The Kier molecular flexibility index (Phi) is 5.11. The quantitative estimate of drug-likeness (QED) is 0.681. The van der Waals surface area contributed by atoms with Gasteiger partial charge in [0.15, 0.2) is 11.6 Å². The SMILES string of the molecule is Cc1ccc(S(=O)(=O)Nc2ccc(Nc3ccc(Cl)cc3)nn2)c(C)c1. The second-order valence-electron chi connectivity index (χ2n) is 5.81. The molecular weight excluding hydrogens is 372 g/mol. The zero-order chi connectivity index (χ0) is 18.7. The fraction of sp³-hybridized carbons (Fsp3) is 0.111. The molecule has 0 unspecified atom stereocenters. The highest BCUT2D eigenvalue weighted by Crippen LogP contribution is 2.21. The topological polar surface area (TPSA) is 84.0 Å². The lowest BCUT2D eigenvalue weighted by atomic mass is 10.2. The van der Waals surface area contributed by atoms with Gasteiger partial charge in [0.05, 0.1) is 4.90 Å². The Morgan fingerprint density at radius 3 is 2.15 bits per heavy atom. The molecule has 0 saturated heterocycles. The molecule has 3 rings (SSSR count). The van der Waals surface area contributed by atoms with Gasteiger partial charge in [-0.2, -0.15) is 0 Å². The third kappa shape index (κ3) is 4.30. The van der Waals surface area contributed by atoms with E-state index in [2.05, 4.69) is 20.2 Å². The lowest BCUT2D eigenvalue weighted by molar-refractivity contribution is 0.600. The average Bonchev–Trinajstić information content (AvgIpc) is 2.58. The van der Waals surface area contributed by atoms with Crippen molar-refractivity contribution in [1.29, 1.82) is 0 Å². The molecule has 134 valence electrons. The number of anilines is 3. The Hall–Kier alpha value is -2.64. The first-order valence-electron chi connectivity index (χ1n) is 7.80. The predicted molar refractivity (Wildman–Crippen MR) is 103 cm³/mol. The van der Waals surface area contributed by atoms with Crippen LogP contribution in [0.15, 0.2) is 59.5 Å². The number of aryl methyl sites for hydroxylation is 2. The van der Waals surface area contributed by atoms with Crippen LogP contribution in [0.5, 0.6) is 0 Å². The second kappa shape index (κ2) is 7.31. The highest BCUT2D eigenvalue weighted by atomic mass is 35.5. The molecule has 0 fully saturated rings. The first-order chi connectivity index (χ1) is 12.3. The number of nitrogens with zero attached hydrogens (tertiary/aromatic N) is 2. The molecule has 0 atom stereocenters. The van der Waals surface area contributed by atoms with Gasteiger partial charge in [-0.15, -0.1) is 10.2 Å². The molecule has 0 saturated carbocycles. The monoisotopic (exact) mass is 388 g/mol. The molecule has 2 aromatic carbocycles. The fourth-order valence-electron chi connectivity index (χ4n) is 2.43. The van der Waals surface area contributed by atoms with Crippen molar-refractivity contribution in [3.05, 3.63) is 70.7 Å². The number of aromatic nitrogens is 2. The van der Waals surface area contributed by atoms with Gasteiger partial charge < -0.3 is 5.32 Å². The summed E-state index contributed by atoms with van der Waals surface area (Å²) in [6.07, 6.45) is 0. The summed E-state index contributed by atoms with van der Waals surface area (Å²) in [5.41, 5.74) is 2.47. The molecule has 1 heterocycles. The maximum atomic E-state index is 12.5. The van der Waals surface area contributed by atoms with Gasteiger partial charge in [-0.25, -0.2) is 8.42 Å². The Bertz CT molecular complexity index is 1020. The molecule has 8 heteroatoms. The van der Waals surface area contributed by atoms with Crippen molar-refractivity contribution in [3.63, 3.8) is 0 Å². The van der Waals surface area contributed by atoms with Gasteiger partial charge in [0, 0.05) is 10.7 Å². The molecule has 0 aliphatic heterocycles. The molecule has 0 radical (unpaired) electrons. The van der Waals surface area contributed by atoms with Crippen molar-refractivity contribution in [2.45, 2.75) is 18.7 Å². The van der Waals surface area contributed by atoms with Gasteiger partial charge in [0.1, 0.15) is 0 Å². The van der Waals surface area contributed by atoms with E-state index in [1.807, 2.05) is 13.0 Å². The molecule has 0 aliphatic rings. The Morgan fingerprint density at radius 1 is 0.885 bits per heavy atom. The number of hydrogen-bond acceptors (Lipinski definition) is 5. The highest BCUT2D eigenvalue weighted by molar-refractivity contribution is 7.92. The van der Waals surface area contributed by atoms with E-state index in [0.29, 0.717) is 16.4 Å². The van der Waals surface area contributed by atoms with Crippen molar-refractivity contribution in [1.82, 2.24) is 10.2 Å². The van der Waals surface area contributed by atoms with Crippen molar-refractivity contribution in [2.24, 2.45) is 0 Å². The number of benzene rings is 2. The third-order valence-corrected chi connectivity index (χ3v) is 5.41. The maximum Gasteiger partial charge on any atom is 0.263 e. The maximum absolute atomic E-state index is 12.5. The van der Waals surface area contributed by atoms with E-state index in [1.54, 1.807) is 55.5 Å². The van der Waals surface area contributed by atoms with Crippen molar-refractivity contribution >= 4 is 38.9 Å². The molecule has 0 aliphatic carbocycles. The average molecular weight is 389 g/mol. The summed E-state index contributed by atoms with van der Waals surface area (Å²) in [5.74, 6) is 0.633.